The smallest absolute Gasteiger partial charge is 0.475 e. The van der Waals surface area contributed by atoms with Crippen LogP contribution in [-0.4, -0.2) is 57.7 Å². The van der Waals surface area contributed by atoms with E-state index in [0.29, 0.717) is 0 Å². The summed E-state index contributed by atoms with van der Waals surface area (Å²) in [6.45, 7) is 3.20. The summed E-state index contributed by atoms with van der Waals surface area (Å²) >= 11 is 0. The number of carboxylic acids is 1. The molecule has 1 aromatic carbocycles. The van der Waals surface area contributed by atoms with Gasteiger partial charge in [-0.05, 0) is 43.5 Å². The summed E-state index contributed by atoms with van der Waals surface area (Å²) in [6.07, 6.45) is 2.58. The van der Waals surface area contributed by atoms with E-state index < -0.39 is 12.1 Å². The van der Waals surface area contributed by atoms with E-state index in [1.165, 1.54) is 18.5 Å². The Kier molecular flexibility index (Phi) is 7.07. The number of carbonyl (C=O) groups is 2. The fraction of sp³-hybridized carbons (Fsp3) is 0.429. The van der Waals surface area contributed by atoms with Crippen molar-refractivity contribution in [1.29, 1.82) is 0 Å². The summed E-state index contributed by atoms with van der Waals surface area (Å²) in [5.74, 6) is -2.79. The van der Waals surface area contributed by atoms with E-state index in [9.17, 15) is 22.4 Å². The molecule has 4 rings (SSSR count). The Labute approximate surface area is 181 Å². The van der Waals surface area contributed by atoms with E-state index in [0.717, 1.165) is 56.7 Å². The van der Waals surface area contributed by atoms with Gasteiger partial charge in [0.25, 0.3) is 0 Å². The SMILES string of the molecule is O=C(O)C(F)(F)F.O=C1N(c2cncnc2)CCC12CCCN(Cc1ccc(F)cc1)C2. The largest absolute Gasteiger partial charge is 0.490 e. The minimum Gasteiger partial charge on any atom is -0.475 e. The van der Waals surface area contributed by atoms with Crippen LogP contribution in [-0.2, 0) is 16.1 Å². The molecule has 172 valence electrons. The number of benzene rings is 1. The molecule has 0 bridgehead atoms. The number of halogens is 4. The van der Waals surface area contributed by atoms with Crippen LogP contribution in [0, 0.1) is 11.2 Å². The lowest BCUT2D eigenvalue weighted by Gasteiger charge is -2.39. The van der Waals surface area contributed by atoms with Crippen LogP contribution in [0.25, 0.3) is 0 Å². The van der Waals surface area contributed by atoms with Crippen molar-refractivity contribution in [2.45, 2.75) is 32.0 Å². The Bertz CT molecular complexity index is 940. The molecule has 1 atom stereocenters. The van der Waals surface area contributed by atoms with Crippen molar-refractivity contribution in [3.63, 3.8) is 0 Å². The van der Waals surface area contributed by atoms with Crippen molar-refractivity contribution in [1.82, 2.24) is 14.9 Å². The average Bonchev–Trinajstić information content (AvgIpc) is 3.06. The molecule has 1 unspecified atom stereocenters. The molecular weight excluding hydrogens is 432 g/mol. The number of carboxylic acid groups (broad SMARTS) is 1. The predicted octanol–water partition coefficient (Wildman–Crippen LogP) is 3.27. The van der Waals surface area contributed by atoms with Crippen LogP contribution in [0.5, 0.6) is 0 Å². The second kappa shape index (κ2) is 9.60. The number of rotatable bonds is 3. The Morgan fingerprint density at radius 1 is 1.09 bits per heavy atom. The van der Waals surface area contributed by atoms with Crippen LogP contribution in [0.1, 0.15) is 24.8 Å². The number of alkyl halides is 3. The van der Waals surface area contributed by atoms with E-state index in [1.54, 1.807) is 12.4 Å². The molecule has 2 saturated heterocycles. The standard InChI is InChI=1S/C19H21FN4O.C2HF3O2/c20-16-4-2-15(3-5-16)12-23-8-1-6-19(13-23)7-9-24(18(19)25)17-10-21-14-22-11-17;3-2(4,5)1(6)7/h2-5,10-11,14H,1,6-9,12-13H2;(H,6,7). The van der Waals surface area contributed by atoms with E-state index >= 15 is 0 Å². The van der Waals surface area contributed by atoms with Crippen LogP contribution in [0.4, 0.5) is 23.2 Å². The quantitative estimate of drug-likeness (QED) is 0.717. The Balaban J connectivity index is 0.000000360. The van der Waals surface area contributed by atoms with Gasteiger partial charge in [-0.2, -0.15) is 13.2 Å². The summed E-state index contributed by atoms with van der Waals surface area (Å²) < 4.78 is 44.8. The lowest BCUT2D eigenvalue weighted by molar-refractivity contribution is -0.192. The first-order valence-electron chi connectivity index (χ1n) is 9.95. The number of hydrogen-bond acceptors (Lipinski definition) is 5. The van der Waals surface area contributed by atoms with Crippen LogP contribution in [0.3, 0.4) is 0 Å². The van der Waals surface area contributed by atoms with E-state index in [-0.39, 0.29) is 17.1 Å². The molecule has 1 spiro atoms. The van der Waals surface area contributed by atoms with Gasteiger partial charge in [-0.15, -0.1) is 0 Å². The first-order chi connectivity index (χ1) is 15.1. The van der Waals surface area contributed by atoms with E-state index in [1.807, 2.05) is 17.0 Å². The van der Waals surface area contributed by atoms with Gasteiger partial charge >= 0.3 is 12.1 Å². The fourth-order valence-corrected chi connectivity index (χ4v) is 4.09. The van der Waals surface area contributed by atoms with Gasteiger partial charge in [0.05, 0.1) is 23.5 Å². The average molecular weight is 454 g/mol. The van der Waals surface area contributed by atoms with Crippen LogP contribution in [0.15, 0.2) is 43.0 Å². The van der Waals surface area contributed by atoms with Crippen LogP contribution in [0.2, 0.25) is 0 Å². The highest BCUT2D eigenvalue weighted by atomic mass is 19.4. The summed E-state index contributed by atoms with van der Waals surface area (Å²) in [6, 6.07) is 6.63. The maximum Gasteiger partial charge on any atom is 0.490 e. The third-order valence-corrected chi connectivity index (χ3v) is 5.59. The number of aromatic nitrogens is 2. The second-order valence-corrected chi connectivity index (χ2v) is 7.83. The fourth-order valence-electron chi connectivity index (χ4n) is 4.09. The summed E-state index contributed by atoms with van der Waals surface area (Å²) in [5, 5.41) is 7.12. The number of anilines is 1. The van der Waals surface area contributed by atoms with Crippen molar-refractivity contribution < 1.29 is 32.3 Å². The molecule has 0 saturated carbocycles. The molecule has 2 aromatic rings. The van der Waals surface area contributed by atoms with Gasteiger partial charge in [0.15, 0.2) is 0 Å². The van der Waals surface area contributed by atoms with Gasteiger partial charge in [-0.1, -0.05) is 12.1 Å². The molecule has 1 aromatic heterocycles. The number of nitrogens with zero attached hydrogens (tertiary/aromatic N) is 4. The third-order valence-electron chi connectivity index (χ3n) is 5.59. The van der Waals surface area contributed by atoms with Gasteiger partial charge < -0.3 is 10.0 Å². The minimum atomic E-state index is -5.08. The van der Waals surface area contributed by atoms with Crippen molar-refractivity contribution in [2.24, 2.45) is 5.41 Å². The highest BCUT2D eigenvalue weighted by molar-refractivity contribution is 5.99. The zero-order valence-electron chi connectivity index (χ0n) is 17.1. The molecule has 1 amide bonds. The predicted molar refractivity (Wildman–Crippen MR) is 106 cm³/mol. The van der Waals surface area contributed by atoms with Gasteiger partial charge in [-0.25, -0.2) is 19.2 Å². The third kappa shape index (κ3) is 5.58. The molecule has 2 aliphatic heterocycles. The van der Waals surface area contributed by atoms with Crippen molar-refractivity contribution >= 4 is 17.6 Å². The number of hydrogen-bond donors (Lipinski definition) is 1. The highest BCUT2D eigenvalue weighted by Crippen LogP contribution is 2.41. The van der Waals surface area contributed by atoms with Gasteiger partial charge in [0.2, 0.25) is 5.91 Å². The van der Waals surface area contributed by atoms with Gasteiger partial charge in [-0.3, -0.25) is 9.69 Å². The van der Waals surface area contributed by atoms with Gasteiger partial charge in [0.1, 0.15) is 12.1 Å². The number of amides is 1. The van der Waals surface area contributed by atoms with Crippen molar-refractivity contribution in [3.8, 4) is 0 Å². The van der Waals surface area contributed by atoms with Gasteiger partial charge in [0, 0.05) is 19.6 Å². The number of aliphatic carboxylic acids is 1. The Morgan fingerprint density at radius 2 is 1.72 bits per heavy atom. The molecule has 32 heavy (non-hydrogen) atoms. The number of piperidine rings is 1. The van der Waals surface area contributed by atoms with Crippen molar-refractivity contribution in [2.75, 3.05) is 24.5 Å². The topological polar surface area (TPSA) is 86.6 Å². The van der Waals surface area contributed by atoms with E-state index in [4.69, 9.17) is 9.90 Å². The summed E-state index contributed by atoms with van der Waals surface area (Å²) in [7, 11) is 0. The van der Waals surface area contributed by atoms with Crippen LogP contribution >= 0.6 is 0 Å². The Hall–Kier alpha value is -3.08. The molecule has 2 aliphatic rings. The maximum absolute atomic E-state index is 13.1. The molecule has 7 nitrogen and oxygen atoms in total. The number of carbonyl (C=O) groups excluding carboxylic acids is 1. The monoisotopic (exact) mass is 454 g/mol. The zero-order valence-corrected chi connectivity index (χ0v) is 17.1. The maximum atomic E-state index is 13.1. The zero-order chi connectivity index (χ0) is 23.4. The first kappa shape index (κ1) is 23.6. The molecule has 11 heteroatoms. The summed E-state index contributed by atoms with van der Waals surface area (Å²) in [4.78, 5) is 34.2. The Morgan fingerprint density at radius 3 is 2.31 bits per heavy atom. The lowest BCUT2D eigenvalue weighted by Crippen LogP contribution is -2.47. The molecule has 0 radical (unpaired) electrons. The summed E-state index contributed by atoms with van der Waals surface area (Å²) in [5.41, 5.74) is 1.55. The molecule has 2 fully saturated rings. The molecule has 3 heterocycles. The highest BCUT2D eigenvalue weighted by Gasteiger charge is 2.49. The lowest BCUT2D eigenvalue weighted by atomic mass is 9.78. The molecular formula is C21H22F4N4O3. The number of likely N-dealkylation sites (tertiary alicyclic amines) is 1. The minimum absolute atomic E-state index is 0.186. The molecule has 0 aliphatic carbocycles. The normalized spacial score (nSPS) is 21.4. The molecule has 1 N–H and O–H groups in total. The van der Waals surface area contributed by atoms with Crippen LogP contribution < -0.4 is 4.90 Å². The van der Waals surface area contributed by atoms with E-state index in [2.05, 4.69) is 14.9 Å². The first-order valence-corrected chi connectivity index (χ1v) is 9.95. The second-order valence-electron chi connectivity index (χ2n) is 7.83. The van der Waals surface area contributed by atoms with Crippen molar-refractivity contribution in [3.05, 3.63) is 54.4 Å².